The molecule has 6 heteroatoms. The average Bonchev–Trinajstić information content (AvgIpc) is 2.39. The van der Waals surface area contributed by atoms with Crippen molar-refractivity contribution in [3.05, 3.63) is 35.1 Å². The van der Waals surface area contributed by atoms with Crippen molar-refractivity contribution < 1.29 is 22.7 Å². The molecule has 0 bridgehead atoms. The summed E-state index contributed by atoms with van der Waals surface area (Å²) < 4.78 is 51.3. The van der Waals surface area contributed by atoms with Crippen molar-refractivity contribution in [2.75, 3.05) is 6.54 Å². The second kappa shape index (κ2) is 6.54. The van der Waals surface area contributed by atoms with Gasteiger partial charge in [-0.2, -0.15) is 13.2 Å². The third-order valence-corrected chi connectivity index (χ3v) is 3.46. The molecule has 2 N–H and O–H groups in total. The molecule has 1 aromatic rings. The van der Waals surface area contributed by atoms with E-state index in [2.05, 4.69) is 5.32 Å². The molecule has 0 aliphatic heterocycles. The Morgan fingerprint density at radius 2 is 1.75 bits per heavy atom. The van der Waals surface area contributed by atoms with Crippen LogP contribution in [0.4, 0.5) is 17.6 Å². The van der Waals surface area contributed by atoms with Crippen LogP contribution in [0.25, 0.3) is 0 Å². The van der Waals surface area contributed by atoms with Crippen LogP contribution in [0.3, 0.4) is 0 Å². The molecule has 2 nitrogen and oxygen atoms in total. The molecule has 0 aromatic heterocycles. The van der Waals surface area contributed by atoms with Crippen LogP contribution in [0.2, 0.25) is 0 Å². The second-order valence-electron chi connectivity index (χ2n) is 4.83. The largest absolute Gasteiger partial charge is 0.416 e. The van der Waals surface area contributed by atoms with E-state index in [1.54, 1.807) is 0 Å². The lowest BCUT2D eigenvalue weighted by Gasteiger charge is -2.25. The number of benzene rings is 1. The number of nitrogens with one attached hydrogen (secondary N) is 1. The van der Waals surface area contributed by atoms with Crippen molar-refractivity contribution in [2.24, 2.45) is 0 Å². The molecule has 20 heavy (non-hydrogen) atoms. The lowest BCUT2D eigenvalue weighted by molar-refractivity contribution is -0.138. The third-order valence-electron chi connectivity index (χ3n) is 3.46. The normalized spacial score (nSPS) is 12.8. The smallest absolute Gasteiger partial charge is 0.389 e. The van der Waals surface area contributed by atoms with Gasteiger partial charge in [0.25, 0.3) is 0 Å². The fraction of sp³-hybridized carbons (Fsp3) is 0.571. The van der Waals surface area contributed by atoms with Crippen molar-refractivity contribution in [3.63, 3.8) is 0 Å². The highest BCUT2D eigenvalue weighted by molar-refractivity contribution is 5.30. The minimum atomic E-state index is -4.59. The molecule has 0 saturated heterocycles. The molecule has 0 saturated carbocycles. The number of hydrogen-bond donors (Lipinski definition) is 2. The maximum Gasteiger partial charge on any atom is 0.416 e. The Bertz CT molecular complexity index is 441. The van der Waals surface area contributed by atoms with Crippen LogP contribution >= 0.6 is 0 Å². The molecule has 0 spiro atoms. The van der Waals surface area contributed by atoms with Gasteiger partial charge in [-0.15, -0.1) is 0 Å². The zero-order chi connectivity index (χ0) is 15.4. The van der Waals surface area contributed by atoms with E-state index in [0.717, 1.165) is 12.1 Å². The molecule has 0 atom stereocenters. The van der Waals surface area contributed by atoms with Gasteiger partial charge in [-0.05, 0) is 30.5 Å². The van der Waals surface area contributed by atoms with Crippen molar-refractivity contribution in [1.82, 2.24) is 5.32 Å². The third kappa shape index (κ3) is 4.45. The highest BCUT2D eigenvalue weighted by Gasteiger charge is 2.33. The summed E-state index contributed by atoms with van der Waals surface area (Å²) in [5.41, 5.74) is -1.95. The van der Waals surface area contributed by atoms with Gasteiger partial charge in [0, 0.05) is 13.1 Å². The zero-order valence-corrected chi connectivity index (χ0v) is 11.5. The summed E-state index contributed by atoms with van der Waals surface area (Å²) in [4.78, 5) is 0. The number of halogens is 4. The van der Waals surface area contributed by atoms with E-state index in [1.807, 2.05) is 13.8 Å². The number of hydrogen-bond acceptors (Lipinski definition) is 2. The summed E-state index contributed by atoms with van der Waals surface area (Å²) in [6.07, 6.45) is -3.58. The van der Waals surface area contributed by atoms with Gasteiger partial charge in [-0.3, -0.25) is 0 Å². The Morgan fingerprint density at radius 3 is 2.25 bits per heavy atom. The van der Waals surface area contributed by atoms with Crippen molar-refractivity contribution in [3.8, 4) is 0 Å². The van der Waals surface area contributed by atoms with E-state index in [1.165, 1.54) is 0 Å². The van der Waals surface area contributed by atoms with Gasteiger partial charge in [0.2, 0.25) is 0 Å². The first-order valence-electron chi connectivity index (χ1n) is 6.50. The molecule has 0 aliphatic carbocycles. The van der Waals surface area contributed by atoms with Gasteiger partial charge < -0.3 is 10.4 Å². The Labute approximate surface area is 115 Å². The minimum absolute atomic E-state index is 0.0338. The Kier molecular flexibility index (Phi) is 5.53. The maximum absolute atomic E-state index is 12.9. The quantitative estimate of drug-likeness (QED) is 0.787. The van der Waals surface area contributed by atoms with E-state index in [9.17, 15) is 22.7 Å². The summed E-state index contributed by atoms with van der Waals surface area (Å²) >= 11 is 0. The highest BCUT2D eigenvalue weighted by atomic mass is 19.4. The van der Waals surface area contributed by atoms with Crippen molar-refractivity contribution in [1.29, 1.82) is 0 Å². The van der Waals surface area contributed by atoms with E-state index in [-0.39, 0.29) is 18.7 Å². The Balaban J connectivity index is 2.79. The molecule has 114 valence electrons. The maximum atomic E-state index is 12.9. The van der Waals surface area contributed by atoms with Crippen molar-refractivity contribution >= 4 is 0 Å². The minimum Gasteiger partial charge on any atom is -0.389 e. The Morgan fingerprint density at radius 1 is 1.15 bits per heavy atom. The summed E-state index contributed by atoms with van der Waals surface area (Å²) in [6, 6.07) is 2.60. The number of rotatable bonds is 6. The highest BCUT2D eigenvalue weighted by Crippen LogP contribution is 2.32. The summed E-state index contributed by atoms with van der Waals surface area (Å²) in [7, 11) is 0. The van der Waals surface area contributed by atoms with E-state index >= 15 is 0 Å². The van der Waals surface area contributed by atoms with Crippen LogP contribution in [0, 0.1) is 5.82 Å². The van der Waals surface area contributed by atoms with Crippen LogP contribution < -0.4 is 5.32 Å². The van der Waals surface area contributed by atoms with Crippen LogP contribution in [0.1, 0.15) is 37.8 Å². The van der Waals surface area contributed by atoms with Crippen LogP contribution in [0.15, 0.2) is 18.2 Å². The monoisotopic (exact) mass is 293 g/mol. The fourth-order valence-corrected chi connectivity index (χ4v) is 1.90. The van der Waals surface area contributed by atoms with E-state index in [4.69, 9.17) is 0 Å². The zero-order valence-electron chi connectivity index (χ0n) is 11.5. The molecule has 1 aromatic carbocycles. The topological polar surface area (TPSA) is 32.3 Å². The fourth-order valence-electron chi connectivity index (χ4n) is 1.90. The summed E-state index contributed by atoms with van der Waals surface area (Å²) in [5, 5.41) is 12.8. The van der Waals surface area contributed by atoms with Crippen LogP contribution in [0.5, 0.6) is 0 Å². The molecule has 0 aliphatic rings. The first kappa shape index (κ1) is 16.9. The predicted molar refractivity (Wildman–Crippen MR) is 68.6 cm³/mol. The molecule has 1 rings (SSSR count). The SMILES string of the molecule is CCC(O)(CC)CNCc1ccc(F)cc1C(F)(F)F. The van der Waals surface area contributed by atoms with E-state index in [0.29, 0.717) is 18.9 Å². The summed E-state index contributed by atoms with van der Waals surface area (Å²) in [6.45, 7) is 3.74. The molecule has 0 amide bonds. The standard InChI is InChI=1S/C14H19F4NO/c1-3-13(20,4-2)9-19-8-10-5-6-11(15)7-12(10)14(16,17)18/h5-7,19-20H,3-4,8-9H2,1-2H3. The van der Waals surface area contributed by atoms with Crippen LogP contribution in [-0.2, 0) is 12.7 Å². The first-order valence-corrected chi connectivity index (χ1v) is 6.50. The lowest BCUT2D eigenvalue weighted by Crippen LogP contribution is -2.39. The molecular formula is C14H19F4NO. The lowest BCUT2D eigenvalue weighted by atomic mass is 9.97. The van der Waals surface area contributed by atoms with E-state index < -0.39 is 23.2 Å². The van der Waals surface area contributed by atoms with Gasteiger partial charge in [0.15, 0.2) is 0 Å². The molecule has 0 unspecified atom stereocenters. The first-order chi connectivity index (χ1) is 9.22. The number of alkyl halides is 3. The van der Waals surface area contributed by atoms with Crippen molar-refractivity contribution in [2.45, 2.75) is 45.0 Å². The average molecular weight is 293 g/mol. The summed E-state index contributed by atoms with van der Waals surface area (Å²) in [5.74, 6) is -0.917. The van der Waals surface area contributed by atoms with Gasteiger partial charge >= 0.3 is 6.18 Å². The van der Waals surface area contributed by atoms with Gasteiger partial charge in [0.1, 0.15) is 5.82 Å². The molecule has 0 heterocycles. The second-order valence-corrected chi connectivity index (χ2v) is 4.83. The Hall–Kier alpha value is -1.14. The van der Waals surface area contributed by atoms with Gasteiger partial charge in [-0.25, -0.2) is 4.39 Å². The number of aliphatic hydroxyl groups is 1. The van der Waals surface area contributed by atoms with Gasteiger partial charge in [-0.1, -0.05) is 19.9 Å². The van der Waals surface area contributed by atoms with Gasteiger partial charge in [0.05, 0.1) is 11.2 Å². The predicted octanol–water partition coefficient (Wildman–Crippen LogP) is 3.49. The molecule has 0 radical (unpaired) electrons. The molecule has 0 fully saturated rings. The van der Waals surface area contributed by atoms with Crippen LogP contribution in [-0.4, -0.2) is 17.3 Å². The molecular weight excluding hydrogens is 274 g/mol.